The Hall–Kier alpha value is -1.08. The average molecular weight is 321 g/mol. The van der Waals surface area contributed by atoms with Gasteiger partial charge in [-0.25, -0.2) is 8.42 Å². The van der Waals surface area contributed by atoms with Crippen LogP contribution in [0.2, 0.25) is 0 Å². The Kier molecular flexibility index (Phi) is 4.63. The van der Waals surface area contributed by atoms with Crippen molar-refractivity contribution < 1.29 is 21.6 Å². The summed E-state index contributed by atoms with van der Waals surface area (Å²) in [6.45, 7) is 0. The smallest absolute Gasteiger partial charge is 0.327 e. The zero-order valence-corrected chi connectivity index (χ0v) is 12.3. The van der Waals surface area contributed by atoms with Crippen molar-refractivity contribution in [3.05, 3.63) is 29.8 Å². The summed E-state index contributed by atoms with van der Waals surface area (Å²) in [6, 6.07) is 3.90. The number of hydrogen-bond acceptors (Lipinski definition) is 3. The van der Waals surface area contributed by atoms with E-state index in [1.54, 1.807) is 0 Å². The van der Waals surface area contributed by atoms with Crippen LogP contribution in [0, 0.1) is 5.92 Å². The summed E-state index contributed by atoms with van der Waals surface area (Å²) in [5, 5.41) is 0. The van der Waals surface area contributed by atoms with Gasteiger partial charge in [0, 0.05) is 6.04 Å². The molecule has 1 aliphatic rings. The molecule has 1 aromatic rings. The second-order valence-electron chi connectivity index (χ2n) is 5.49. The second kappa shape index (κ2) is 5.96. The van der Waals surface area contributed by atoms with E-state index in [1.807, 2.05) is 0 Å². The molecule has 1 aromatic carbocycles. The number of halogens is 3. The van der Waals surface area contributed by atoms with Crippen molar-refractivity contribution in [3.8, 4) is 0 Å². The van der Waals surface area contributed by atoms with E-state index in [0.717, 1.165) is 31.4 Å². The molecule has 0 radical (unpaired) electrons. The normalized spacial score (nSPS) is 23.4. The minimum absolute atomic E-state index is 0.00158. The van der Waals surface area contributed by atoms with Gasteiger partial charge in [-0.3, -0.25) is 0 Å². The van der Waals surface area contributed by atoms with Crippen LogP contribution in [-0.4, -0.2) is 20.2 Å². The van der Waals surface area contributed by atoms with Crippen LogP contribution in [0.15, 0.2) is 29.2 Å². The first kappa shape index (κ1) is 16.3. The Labute approximate surface area is 122 Å². The molecule has 0 aromatic heterocycles. The highest BCUT2D eigenvalue weighted by Crippen LogP contribution is 2.32. The average Bonchev–Trinajstić information content (AvgIpc) is 2.81. The van der Waals surface area contributed by atoms with Gasteiger partial charge in [-0.05, 0) is 43.4 Å². The van der Waals surface area contributed by atoms with E-state index in [-0.39, 0.29) is 22.6 Å². The van der Waals surface area contributed by atoms with E-state index in [4.69, 9.17) is 5.73 Å². The SMILES string of the molecule is N[C@H]1CCC[C@H]1CCS(=O)(=O)c1cccc(C(F)(F)F)c1. The highest BCUT2D eigenvalue weighted by atomic mass is 32.2. The molecule has 0 amide bonds. The van der Waals surface area contributed by atoms with Crippen LogP contribution in [-0.2, 0) is 16.0 Å². The van der Waals surface area contributed by atoms with Gasteiger partial charge in [-0.2, -0.15) is 13.2 Å². The summed E-state index contributed by atoms with van der Waals surface area (Å²) in [5.74, 6) is -0.0160. The standard InChI is InChI=1S/C14H18F3NO2S/c15-14(16,17)11-4-2-5-12(9-11)21(19,20)8-7-10-3-1-6-13(10)18/h2,4-5,9-10,13H,1,3,6-8,18H2/t10-,13-/m0/s1. The van der Waals surface area contributed by atoms with E-state index < -0.39 is 21.6 Å². The number of benzene rings is 1. The van der Waals surface area contributed by atoms with Crippen molar-refractivity contribution in [1.29, 1.82) is 0 Å². The molecular formula is C14H18F3NO2S. The maximum absolute atomic E-state index is 12.6. The Morgan fingerprint density at radius 2 is 1.95 bits per heavy atom. The van der Waals surface area contributed by atoms with Crippen molar-refractivity contribution in [2.75, 3.05) is 5.75 Å². The summed E-state index contributed by atoms with van der Waals surface area (Å²) in [6.07, 6.45) is -1.39. The summed E-state index contributed by atoms with van der Waals surface area (Å²) in [5.41, 5.74) is 4.94. The molecule has 1 saturated carbocycles. The lowest BCUT2D eigenvalue weighted by atomic mass is 10.0. The molecule has 0 aliphatic heterocycles. The largest absolute Gasteiger partial charge is 0.416 e. The van der Waals surface area contributed by atoms with E-state index >= 15 is 0 Å². The minimum Gasteiger partial charge on any atom is -0.327 e. The molecule has 0 spiro atoms. The lowest BCUT2D eigenvalue weighted by molar-refractivity contribution is -0.137. The first-order valence-corrected chi connectivity index (χ1v) is 8.51. The van der Waals surface area contributed by atoms with Crippen molar-refractivity contribution >= 4 is 9.84 Å². The maximum Gasteiger partial charge on any atom is 0.416 e. The highest BCUT2D eigenvalue weighted by molar-refractivity contribution is 7.91. The zero-order valence-electron chi connectivity index (χ0n) is 11.4. The fraction of sp³-hybridized carbons (Fsp3) is 0.571. The van der Waals surface area contributed by atoms with Gasteiger partial charge in [-0.1, -0.05) is 12.5 Å². The predicted molar refractivity (Wildman–Crippen MR) is 73.4 cm³/mol. The summed E-state index contributed by atoms with van der Waals surface area (Å²) >= 11 is 0. The van der Waals surface area contributed by atoms with Gasteiger partial charge in [0.25, 0.3) is 0 Å². The summed E-state index contributed by atoms with van der Waals surface area (Å²) in [4.78, 5) is -0.274. The molecule has 1 fully saturated rings. The van der Waals surface area contributed by atoms with Crippen LogP contribution < -0.4 is 5.73 Å². The molecule has 0 bridgehead atoms. The fourth-order valence-electron chi connectivity index (χ4n) is 2.71. The number of sulfone groups is 1. The van der Waals surface area contributed by atoms with Gasteiger partial charge in [-0.15, -0.1) is 0 Å². The molecule has 2 rings (SSSR count). The minimum atomic E-state index is -4.54. The van der Waals surface area contributed by atoms with Crippen molar-refractivity contribution in [3.63, 3.8) is 0 Å². The van der Waals surface area contributed by atoms with E-state index in [2.05, 4.69) is 0 Å². The van der Waals surface area contributed by atoms with Crippen LogP contribution in [0.1, 0.15) is 31.2 Å². The third-order valence-corrected chi connectivity index (χ3v) is 5.74. The number of hydrogen-bond donors (Lipinski definition) is 1. The molecule has 3 nitrogen and oxygen atoms in total. The van der Waals surface area contributed by atoms with Gasteiger partial charge in [0.05, 0.1) is 16.2 Å². The Morgan fingerprint density at radius 1 is 1.24 bits per heavy atom. The fourth-order valence-corrected chi connectivity index (χ4v) is 4.16. The Balaban J connectivity index is 2.12. The lowest BCUT2D eigenvalue weighted by Gasteiger charge is -2.15. The molecule has 2 N–H and O–H groups in total. The van der Waals surface area contributed by atoms with Crippen LogP contribution in [0.5, 0.6) is 0 Å². The zero-order chi connectivity index (χ0) is 15.7. The molecule has 7 heteroatoms. The predicted octanol–water partition coefficient (Wildman–Crippen LogP) is 3.00. The van der Waals surface area contributed by atoms with Crippen LogP contribution in [0.4, 0.5) is 13.2 Å². The molecule has 2 atom stereocenters. The van der Waals surface area contributed by atoms with Gasteiger partial charge in [0.2, 0.25) is 0 Å². The van der Waals surface area contributed by atoms with E-state index in [1.165, 1.54) is 6.07 Å². The third-order valence-electron chi connectivity index (χ3n) is 4.00. The Bertz CT molecular complexity index is 598. The van der Waals surface area contributed by atoms with Gasteiger partial charge in [0.15, 0.2) is 9.84 Å². The van der Waals surface area contributed by atoms with E-state index in [9.17, 15) is 21.6 Å². The van der Waals surface area contributed by atoms with Gasteiger partial charge >= 0.3 is 6.18 Å². The first-order valence-electron chi connectivity index (χ1n) is 6.86. The Morgan fingerprint density at radius 3 is 2.52 bits per heavy atom. The summed E-state index contributed by atoms with van der Waals surface area (Å²) < 4.78 is 62.2. The molecule has 21 heavy (non-hydrogen) atoms. The second-order valence-corrected chi connectivity index (χ2v) is 7.60. The van der Waals surface area contributed by atoms with Crippen LogP contribution >= 0.6 is 0 Å². The highest BCUT2D eigenvalue weighted by Gasteiger charge is 2.32. The summed E-state index contributed by atoms with van der Waals surface area (Å²) in [7, 11) is -3.71. The van der Waals surface area contributed by atoms with Crippen molar-refractivity contribution in [2.24, 2.45) is 11.7 Å². The van der Waals surface area contributed by atoms with Gasteiger partial charge < -0.3 is 5.73 Å². The van der Waals surface area contributed by atoms with Gasteiger partial charge in [0.1, 0.15) is 0 Å². The number of rotatable bonds is 4. The van der Waals surface area contributed by atoms with Crippen molar-refractivity contribution in [2.45, 2.75) is 42.8 Å². The topological polar surface area (TPSA) is 60.2 Å². The van der Waals surface area contributed by atoms with Crippen LogP contribution in [0.25, 0.3) is 0 Å². The first-order chi connectivity index (χ1) is 9.70. The van der Waals surface area contributed by atoms with Crippen molar-refractivity contribution in [1.82, 2.24) is 0 Å². The molecule has 0 saturated heterocycles. The monoisotopic (exact) mass is 321 g/mol. The number of alkyl halides is 3. The van der Waals surface area contributed by atoms with Crippen LogP contribution in [0.3, 0.4) is 0 Å². The molecule has 0 heterocycles. The molecule has 1 aliphatic carbocycles. The number of nitrogens with two attached hydrogens (primary N) is 1. The molecule has 118 valence electrons. The lowest BCUT2D eigenvalue weighted by Crippen LogP contribution is -2.26. The third kappa shape index (κ3) is 3.97. The maximum atomic E-state index is 12.6. The van der Waals surface area contributed by atoms with E-state index in [0.29, 0.717) is 12.5 Å². The molecule has 0 unspecified atom stereocenters. The molecular weight excluding hydrogens is 303 g/mol. The quantitative estimate of drug-likeness (QED) is 0.927.